The molecule has 0 atom stereocenters. The van der Waals surface area contributed by atoms with Crippen LogP contribution in [0.2, 0.25) is 0 Å². The third-order valence-electron chi connectivity index (χ3n) is 2.36. The van der Waals surface area contributed by atoms with Gasteiger partial charge in [0.05, 0.1) is 16.3 Å². The van der Waals surface area contributed by atoms with E-state index in [-0.39, 0.29) is 0 Å². The number of rotatable bonds is 1. The third-order valence-corrected chi connectivity index (χ3v) is 3.70. The zero-order valence-corrected chi connectivity index (χ0v) is 9.85. The molecular weight excluding hydrogens is 204 g/mol. The van der Waals surface area contributed by atoms with Crippen molar-refractivity contribution in [1.82, 2.24) is 4.98 Å². The van der Waals surface area contributed by atoms with Crippen molar-refractivity contribution in [2.75, 3.05) is 0 Å². The quantitative estimate of drug-likeness (QED) is 0.732. The molecule has 2 rings (SSSR count). The maximum Gasteiger partial charge on any atom is 0.114 e. The summed E-state index contributed by atoms with van der Waals surface area (Å²) in [6, 6.07) is 8.45. The summed E-state index contributed by atoms with van der Waals surface area (Å²) in [5, 5.41) is 9.94. The number of benzene rings is 1. The molecule has 2 aromatic rings. The minimum absolute atomic E-state index is 0.489. The lowest BCUT2D eigenvalue weighted by Gasteiger charge is -2.09. The van der Waals surface area contributed by atoms with Crippen molar-refractivity contribution in [2.24, 2.45) is 0 Å². The van der Waals surface area contributed by atoms with E-state index in [1.165, 1.54) is 5.56 Å². The van der Waals surface area contributed by atoms with Gasteiger partial charge in [-0.3, -0.25) is 0 Å². The van der Waals surface area contributed by atoms with E-state index in [0.29, 0.717) is 0 Å². The van der Waals surface area contributed by atoms with E-state index in [1.807, 2.05) is 26.0 Å². The SMILES string of the molecule is Cc1ccc2nc(C(C)(C)C#N)sc2c1. The highest BCUT2D eigenvalue weighted by atomic mass is 32.1. The van der Waals surface area contributed by atoms with Crippen molar-refractivity contribution in [2.45, 2.75) is 26.2 Å². The summed E-state index contributed by atoms with van der Waals surface area (Å²) in [5.74, 6) is 0. The van der Waals surface area contributed by atoms with E-state index >= 15 is 0 Å². The maximum absolute atomic E-state index is 9.04. The van der Waals surface area contributed by atoms with Crippen LogP contribution in [0.3, 0.4) is 0 Å². The number of hydrogen-bond donors (Lipinski definition) is 0. The summed E-state index contributed by atoms with van der Waals surface area (Å²) >= 11 is 1.61. The Balaban J connectivity index is 2.63. The molecule has 1 heterocycles. The van der Waals surface area contributed by atoms with Gasteiger partial charge in [-0.15, -0.1) is 11.3 Å². The van der Waals surface area contributed by atoms with Crippen molar-refractivity contribution in [3.63, 3.8) is 0 Å². The van der Waals surface area contributed by atoms with Gasteiger partial charge in [0.15, 0.2) is 0 Å². The smallest absolute Gasteiger partial charge is 0.114 e. The number of fused-ring (bicyclic) bond motifs is 1. The maximum atomic E-state index is 9.04. The molecule has 3 heteroatoms. The van der Waals surface area contributed by atoms with Gasteiger partial charge in [0.25, 0.3) is 0 Å². The predicted octanol–water partition coefficient (Wildman–Crippen LogP) is 3.41. The van der Waals surface area contributed by atoms with Crippen LogP contribution in [-0.2, 0) is 5.41 Å². The molecule has 0 saturated heterocycles. The van der Waals surface area contributed by atoms with Gasteiger partial charge in [0.1, 0.15) is 10.4 Å². The topological polar surface area (TPSA) is 36.7 Å². The fraction of sp³-hybridized carbons (Fsp3) is 0.333. The number of nitriles is 1. The highest BCUT2D eigenvalue weighted by Gasteiger charge is 2.24. The van der Waals surface area contributed by atoms with Gasteiger partial charge in [-0.1, -0.05) is 6.07 Å². The van der Waals surface area contributed by atoms with Crippen LogP contribution in [-0.4, -0.2) is 4.98 Å². The summed E-state index contributed by atoms with van der Waals surface area (Å²) in [5.41, 5.74) is 1.73. The molecule has 0 aliphatic heterocycles. The van der Waals surface area contributed by atoms with E-state index in [0.717, 1.165) is 15.2 Å². The standard InChI is InChI=1S/C12H12N2S/c1-8-4-5-9-10(6-8)15-11(14-9)12(2,3)7-13/h4-6H,1-3H3. The third kappa shape index (κ3) is 1.73. The summed E-state index contributed by atoms with van der Waals surface area (Å²) < 4.78 is 1.16. The van der Waals surface area contributed by atoms with Crippen molar-refractivity contribution in [3.05, 3.63) is 28.8 Å². The molecule has 0 fully saturated rings. The summed E-state index contributed by atoms with van der Waals surface area (Å²) in [4.78, 5) is 4.49. The first kappa shape index (κ1) is 10.1. The normalized spacial score (nSPS) is 11.6. The largest absolute Gasteiger partial charge is 0.239 e. The van der Waals surface area contributed by atoms with Crippen LogP contribution >= 0.6 is 11.3 Å². The first-order chi connectivity index (χ1) is 7.03. The van der Waals surface area contributed by atoms with Gasteiger partial charge in [-0.2, -0.15) is 5.26 Å². The number of aryl methyl sites for hydroxylation is 1. The molecule has 0 saturated carbocycles. The molecule has 1 aromatic carbocycles. The minimum atomic E-state index is -0.489. The molecule has 0 amide bonds. The zero-order chi connectivity index (χ0) is 11.1. The van der Waals surface area contributed by atoms with E-state index in [1.54, 1.807) is 11.3 Å². The van der Waals surface area contributed by atoms with Gasteiger partial charge >= 0.3 is 0 Å². The summed E-state index contributed by atoms with van der Waals surface area (Å²) in [7, 11) is 0. The lowest BCUT2D eigenvalue weighted by atomic mass is 9.97. The van der Waals surface area contributed by atoms with Gasteiger partial charge in [0.2, 0.25) is 0 Å². The van der Waals surface area contributed by atoms with Gasteiger partial charge in [0, 0.05) is 0 Å². The van der Waals surface area contributed by atoms with Crippen LogP contribution in [0.5, 0.6) is 0 Å². The fourth-order valence-electron chi connectivity index (χ4n) is 1.35. The molecular formula is C12H12N2S. The van der Waals surface area contributed by atoms with Crippen molar-refractivity contribution in [1.29, 1.82) is 5.26 Å². The highest BCUT2D eigenvalue weighted by Crippen LogP contribution is 2.31. The van der Waals surface area contributed by atoms with Crippen LogP contribution in [0.1, 0.15) is 24.4 Å². The molecule has 0 radical (unpaired) electrons. The van der Waals surface area contributed by atoms with Gasteiger partial charge in [-0.25, -0.2) is 4.98 Å². The number of hydrogen-bond acceptors (Lipinski definition) is 3. The molecule has 0 bridgehead atoms. The van der Waals surface area contributed by atoms with Crippen LogP contribution < -0.4 is 0 Å². The van der Waals surface area contributed by atoms with Crippen LogP contribution in [0.4, 0.5) is 0 Å². The second kappa shape index (κ2) is 3.32. The van der Waals surface area contributed by atoms with Crippen molar-refractivity contribution in [3.8, 4) is 6.07 Å². The Kier molecular flexibility index (Phi) is 2.24. The molecule has 0 N–H and O–H groups in total. The second-order valence-corrected chi connectivity index (χ2v) is 5.26. The molecule has 0 spiro atoms. The average Bonchev–Trinajstić information content (AvgIpc) is 2.61. The number of nitrogens with zero attached hydrogens (tertiary/aromatic N) is 2. The predicted molar refractivity (Wildman–Crippen MR) is 63.0 cm³/mol. The van der Waals surface area contributed by atoms with Crippen LogP contribution in [0.25, 0.3) is 10.2 Å². The fourth-order valence-corrected chi connectivity index (χ4v) is 2.46. The first-order valence-electron chi connectivity index (χ1n) is 4.82. The van der Waals surface area contributed by atoms with Crippen molar-refractivity contribution >= 4 is 21.6 Å². The Bertz CT molecular complexity index is 546. The average molecular weight is 216 g/mol. The molecule has 76 valence electrons. The summed E-state index contributed by atoms with van der Waals surface area (Å²) in [6.07, 6.45) is 0. The molecule has 1 aromatic heterocycles. The van der Waals surface area contributed by atoms with E-state index < -0.39 is 5.41 Å². The van der Waals surface area contributed by atoms with E-state index in [2.05, 4.69) is 24.0 Å². The molecule has 0 aliphatic rings. The second-order valence-electron chi connectivity index (χ2n) is 4.23. The lowest BCUT2D eigenvalue weighted by Crippen LogP contribution is -2.12. The molecule has 0 aliphatic carbocycles. The summed E-state index contributed by atoms with van der Waals surface area (Å²) in [6.45, 7) is 5.86. The number of aromatic nitrogens is 1. The van der Waals surface area contributed by atoms with Gasteiger partial charge in [-0.05, 0) is 38.5 Å². The molecule has 15 heavy (non-hydrogen) atoms. The van der Waals surface area contributed by atoms with Crippen molar-refractivity contribution < 1.29 is 0 Å². The molecule has 2 nitrogen and oxygen atoms in total. The zero-order valence-electron chi connectivity index (χ0n) is 9.03. The highest BCUT2D eigenvalue weighted by molar-refractivity contribution is 7.18. The first-order valence-corrected chi connectivity index (χ1v) is 5.63. The van der Waals surface area contributed by atoms with E-state index in [9.17, 15) is 0 Å². The van der Waals surface area contributed by atoms with E-state index in [4.69, 9.17) is 5.26 Å². The van der Waals surface area contributed by atoms with Crippen LogP contribution in [0, 0.1) is 18.3 Å². The Morgan fingerprint density at radius 1 is 1.40 bits per heavy atom. The molecule has 0 unspecified atom stereocenters. The van der Waals surface area contributed by atoms with Crippen LogP contribution in [0.15, 0.2) is 18.2 Å². The lowest BCUT2D eigenvalue weighted by molar-refractivity contribution is 0.682. The minimum Gasteiger partial charge on any atom is -0.239 e. The number of thiazole rings is 1. The van der Waals surface area contributed by atoms with Gasteiger partial charge < -0.3 is 0 Å². The monoisotopic (exact) mass is 216 g/mol. The Labute approximate surface area is 93.2 Å². The Hall–Kier alpha value is -1.40. The Morgan fingerprint density at radius 2 is 2.13 bits per heavy atom. The Morgan fingerprint density at radius 3 is 2.80 bits per heavy atom.